The Hall–Kier alpha value is -2.78. The van der Waals surface area contributed by atoms with E-state index in [9.17, 15) is 13.2 Å². The quantitative estimate of drug-likeness (QED) is 0.561. The summed E-state index contributed by atoms with van der Waals surface area (Å²) < 4.78 is 42.8. The van der Waals surface area contributed by atoms with Gasteiger partial charge in [-0.1, -0.05) is 12.1 Å². The average Bonchev–Trinajstić information content (AvgIpc) is 2.74. The smallest absolute Gasteiger partial charge is 0.251 e. The van der Waals surface area contributed by atoms with Crippen LogP contribution in [0.25, 0.3) is 0 Å². The van der Waals surface area contributed by atoms with Crippen molar-refractivity contribution in [2.45, 2.75) is 32.2 Å². The molecule has 2 aromatic carbocycles. The Morgan fingerprint density at radius 3 is 1.90 bits per heavy atom. The number of carbonyl (C=O) groups is 1. The molecule has 0 atom stereocenters. The maximum atomic E-state index is 12.7. The average molecular weight is 437 g/mol. The summed E-state index contributed by atoms with van der Waals surface area (Å²) in [6.07, 6.45) is 0. The summed E-state index contributed by atoms with van der Waals surface area (Å²) >= 11 is 0. The fourth-order valence-corrected chi connectivity index (χ4v) is 3.44. The van der Waals surface area contributed by atoms with E-state index >= 15 is 0 Å². The van der Waals surface area contributed by atoms with Crippen molar-refractivity contribution in [3.8, 4) is 17.2 Å². The molecular formula is C21H28N2O6S. The van der Waals surface area contributed by atoms with Crippen LogP contribution in [0, 0.1) is 0 Å². The van der Waals surface area contributed by atoms with Crippen LogP contribution in [0.4, 0.5) is 0 Å². The van der Waals surface area contributed by atoms with Crippen molar-refractivity contribution in [1.29, 1.82) is 0 Å². The highest BCUT2D eigenvalue weighted by molar-refractivity contribution is 7.89. The van der Waals surface area contributed by atoms with E-state index in [-0.39, 0.29) is 17.3 Å². The maximum Gasteiger partial charge on any atom is 0.251 e. The van der Waals surface area contributed by atoms with Crippen LogP contribution in [0.5, 0.6) is 17.2 Å². The number of carbonyl (C=O) groups excluding carboxylic acids is 1. The van der Waals surface area contributed by atoms with Gasteiger partial charge in [-0.3, -0.25) is 4.79 Å². The van der Waals surface area contributed by atoms with Gasteiger partial charge in [0.2, 0.25) is 15.8 Å². The van der Waals surface area contributed by atoms with Crippen molar-refractivity contribution in [3.05, 3.63) is 47.5 Å². The summed E-state index contributed by atoms with van der Waals surface area (Å²) in [6.45, 7) is 7.06. The predicted octanol–water partition coefficient (Wildman–Crippen LogP) is 2.72. The summed E-state index contributed by atoms with van der Waals surface area (Å²) in [4.78, 5) is 12.9. The van der Waals surface area contributed by atoms with Gasteiger partial charge in [0.1, 0.15) is 0 Å². The second-order valence-electron chi connectivity index (χ2n) is 6.13. The van der Waals surface area contributed by atoms with E-state index in [2.05, 4.69) is 10.0 Å². The van der Waals surface area contributed by atoms with E-state index in [1.165, 1.54) is 19.2 Å². The Kier molecular flexibility index (Phi) is 8.49. The molecule has 0 radical (unpaired) electrons. The third-order valence-corrected chi connectivity index (χ3v) is 5.56. The van der Waals surface area contributed by atoms with E-state index in [4.69, 9.17) is 14.2 Å². The Bertz CT molecular complexity index is 931. The number of rotatable bonds is 11. The van der Waals surface area contributed by atoms with Crippen molar-refractivity contribution < 1.29 is 27.4 Å². The van der Waals surface area contributed by atoms with Gasteiger partial charge in [-0.25, -0.2) is 13.1 Å². The lowest BCUT2D eigenvalue weighted by molar-refractivity contribution is 0.0949. The lowest BCUT2D eigenvalue weighted by Gasteiger charge is -2.17. The Labute approximate surface area is 177 Å². The molecule has 0 spiro atoms. The summed E-state index contributed by atoms with van der Waals surface area (Å²) in [5.41, 5.74) is 1.14. The third kappa shape index (κ3) is 5.87. The fraction of sp³-hybridized carbons (Fsp3) is 0.381. The molecule has 30 heavy (non-hydrogen) atoms. The van der Waals surface area contributed by atoms with Gasteiger partial charge in [-0.05, 0) is 57.6 Å². The Balaban J connectivity index is 2.19. The van der Waals surface area contributed by atoms with Gasteiger partial charge in [0.05, 0.1) is 24.7 Å². The van der Waals surface area contributed by atoms with Crippen molar-refractivity contribution in [3.63, 3.8) is 0 Å². The number of sulfonamides is 1. The van der Waals surface area contributed by atoms with Gasteiger partial charge in [-0.2, -0.15) is 0 Å². The second-order valence-corrected chi connectivity index (χ2v) is 8.02. The molecule has 0 unspecified atom stereocenters. The number of ether oxygens (including phenoxy) is 3. The van der Waals surface area contributed by atoms with Crippen molar-refractivity contribution in [1.82, 2.24) is 10.0 Å². The van der Waals surface area contributed by atoms with Gasteiger partial charge >= 0.3 is 0 Å². The zero-order chi connectivity index (χ0) is 22.1. The standard InChI is InChI=1S/C21H28N2O6S/c1-5-27-18-12-16(13-19(28-6-2)20(18)29-7-3)21(24)23-14-15-8-10-17(11-9-15)30(25,26)22-4/h8-13,22H,5-7,14H2,1-4H3,(H,23,24). The minimum absolute atomic E-state index is 0.161. The zero-order valence-electron chi connectivity index (χ0n) is 17.7. The molecule has 9 heteroatoms. The highest BCUT2D eigenvalue weighted by atomic mass is 32.2. The third-order valence-electron chi connectivity index (χ3n) is 4.13. The Morgan fingerprint density at radius 1 is 0.900 bits per heavy atom. The summed E-state index contributed by atoms with van der Waals surface area (Å²) in [7, 11) is -2.14. The molecule has 2 aromatic rings. The molecule has 2 N–H and O–H groups in total. The molecule has 164 valence electrons. The second kappa shape index (κ2) is 10.8. The summed E-state index contributed by atoms with van der Waals surface area (Å²) in [6, 6.07) is 9.53. The lowest BCUT2D eigenvalue weighted by atomic mass is 10.1. The molecule has 0 bridgehead atoms. The first kappa shape index (κ1) is 23.5. The highest BCUT2D eigenvalue weighted by Crippen LogP contribution is 2.39. The van der Waals surface area contributed by atoms with Crippen LogP contribution in [0.3, 0.4) is 0 Å². The first-order valence-corrected chi connectivity index (χ1v) is 11.2. The van der Waals surface area contributed by atoms with Gasteiger partial charge < -0.3 is 19.5 Å². The normalized spacial score (nSPS) is 11.1. The molecule has 0 aromatic heterocycles. The van der Waals surface area contributed by atoms with Crippen molar-refractivity contribution >= 4 is 15.9 Å². The molecule has 0 saturated carbocycles. The molecule has 0 saturated heterocycles. The van der Waals surface area contributed by atoms with E-state index in [0.29, 0.717) is 42.6 Å². The number of amides is 1. The number of hydrogen-bond acceptors (Lipinski definition) is 6. The molecule has 8 nitrogen and oxygen atoms in total. The van der Waals surface area contributed by atoms with Crippen LogP contribution in [0.1, 0.15) is 36.7 Å². The monoisotopic (exact) mass is 436 g/mol. The largest absolute Gasteiger partial charge is 0.490 e. The van der Waals surface area contributed by atoms with E-state index in [1.807, 2.05) is 20.8 Å². The van der Waals surface area contributed by atoms with Crippen LogP contribution >= 0.6 is 0 Å². The highest BCUT2D eigenvalue weighted by Gasteiger charge is 2.18. The molecule has 0 fully saturated rings. The first-order valence-electron chi connectivity index (χ1n) is 9.73. The van der Waals surface area contributed by atoms with E-state index in [0.717, 1.165) is 5.56 Å². The molecule has 0 aliphatic rings. The summed E-state index contributed by atoms with van der Waals surface area (Å²) in [5.74, 6) is 1.04. The number of hydrogen-bond donors (Lipinski definition) is 2. The lowest BCUT2D eigenvalue weighted by Crippen LogP contribution is -2.23. The molecule has 0 heterocycles. The van der Waals surface area contributed by atoms with Crippen LogP contribution in [0.2, 0.25) is 0 Å². The SMILES string of the molecule is CCOc1cc(C(=O)NCc2ccc(S(=O)(=O)NC)cc2)cc(OCC)c1OCC. The molecule has 0 aliphatic carbocycles. The van der Waals surface area contributed by atoms with E-state index < -0.39 is 10.0 Å². The minimum Gasteiger partial charge on any atom is -0.490 e. The van der Waals surface area contributed by atoms with Crippen LogP contribution in [-0.2, 0) is 16.6 Å². The number of benzene rings is 2. The van der Waals surface area contributed by atoms with Crippen LogP contribution < -0.4 is 24.2 Å². The van der Waals surface area contributed by atoms with Crippen LogP contribution in [0.15, 0.2) is 41.3 Å². The summed E-state index contributed by atoms with van der Waals surface area (Å²) in [5, 5.41) is 2.82. The van der Waals surface area contributed by atoms with Gasteiger partial charge in [-0.15, -0.1) is 0 Å². The molecule has 0 aliphatic heterocycles. The fourth-order valence-electron chi connectivity index (χ4n) is 2.71. The van der Waals surface area contributed by atoms with Gasteiger partial charge in [0.15, 0.2) is 11.5 Å². The van der Waals surface area contributed by atoms with Gasteiger partial charge in [0.25, 0.3) is 5.91 Å². The van der Waals surface area contributed by atoms with Crippen molar-refractivity contribution in [2.24, 2.45) is 0 Å². The van der Waals surface area contributed by atoms with Crippen LogP contribution in [-0.4, -0.2) is 41.2 Å². The van der Waals surface area contributed by atoms with Crippen molar-refractivity contribution in [2.75, 3.05) is 26.9 Å². The molecule has 1 amide bonds. The molecular weight excluding hydrogens is 408 g/mol. The topological polar surface area (TPSA) is 103 Å². The zero-order valence-corrected chi connectivity index (χ0v) is 18.5. The maximum absolute atomic E-state index is 12.7. The molecule has 2 rings (SSSR count). The number of nitrogens with one attached hydrogen (secondary N) is 2. The first-order chi connectivity index (χ1) is 14.4. The van der Waals surface area contributed by atoms with Gasteiger partial charge in [0, 0.05) is 12.1 Å². The van der Waals surface area contributed by atoms with E-state index in [1.54, 1.807) is 24.3 Å². The minimum atomic E-state index is -3.50. The Morgan fingerprint density at radius 2 is 1.43 bits per heavy atom. The predicted molar refractivity (Wildman–Crippen MR) is 114 cm³/mol.